The first-order chi connectivity index (χ1) is 4.95. The molecule has 10 heavy (non-hydrogen) atoms. The van der Waals surface area contributed by atoms with Gasteiger partial charge in [-0.3, -0.25) is 4.90 Å². The van der Waals surface area contributed by atoms with Gasteiger partial charge in [0, 0.05) is 18.1 Å². The average molecular weight is 139 g/mol. The molecule has 0 spiro atoms. The van der Waals surface area contributed by atoms with Gasteiger partial charge in [-0.2, -0.15) is 0 Å². The van der Waals surface area contributed by atoms with Crippen LogP contribution in [0.4, 0.5) is 0 Å². The number of piperidine rings is 1. The van der Waals surface area contributed by atoms with Gasteiger partial charge in [0.05, 0.1) is 0 Å². The van der Waals surface area contributed by atoms with Crippen molar-refractivity contribution in [2.24, 2.45) is 0 Å². The minimum Gasteiger partial charge on any atom is -0.294 e. The molecule has 0 amide bonds. The van der Waals surface area contributed by atoms with E-state index in [9.17, 15) is 0 Å². The van der Waals surface area contributed by atoms with Crippen LogP contribution in [0.5, 0.6) is 0 Å². The Kier molecular flexibility index (Phi) is 1.48. The lowest BCUT2D eigenvalue weighted by molar-refractivity contribution is -0.0749. The zero-order valence-electron chi connectivity index (χ0n) is 7.01. The second-order valence-corrected chi connectivity index (χ2v) is 3.46. The second kappa shape index (κ2) is 2.23. The number of nitrogens with zero attached hydrogens (tertiary/aromatic N) is 1. The highest BCUT2D eigenvalue weighted by Gasteiger charge is 2.54. The number of hydrogen-bond acceptors (Lipinski definition) is 1. The minimum absolute atomic E-state index is 1.05. The van der Waals surface area contributed by atoms with E-state index in [1.807, 2.05) is 13.8 Å². The predicted molar refractivity (Wildman–Crippen MR) is 43.0 cm³/mol. The summed E-state index contributed by atoms with van der Waals surface area (Å²) >= 11 is 0. The molecule has 3 saturated heterocycles. The van der Waals surface area contributed by atoms with Crippen LogP contribution in [-0.2, 0) is 0 Å². The van der Waals surface area contributed by atoms with E-state index in [1.54, 1.807) is 0 Å². The van der Waals surface area contributed by atoms with Crippen LogP contribution in [-0.4, -0.2) is 23.0 Å². The van der Waals surface area contributed by atoms with E-state index in [0.29, 0.717) is 0 Å². The van der Waals surface area contributed by atoms with E-state index in [0.717, 1.165) is 18.1 Å². The van der Waals surface area contributed by atoms with E-state index in [2.05, 4.69) is 4.90 Å². The van der Waals surface area contributed by atoms with E-state index in [1.165, 1.54) is 25.7 Å². The average Bonchev–Trinajstić information content (AvgIpc) is 2.14. The smallest absolute Gasteiger partial charge is 0.0131 e. The number of hydrogen-bond donors (Lipinski definition) is 0. The highest BCUT2D eigenvalue weighted by molar-refractivity contribution is 5.10. The Morgan fingerprint density at radius 1 is 0.900 bits per heavy atom. The molecule has 2 atom stereocenters. The fourth-order valence-corrected chi connectivity index (χ4v) is 2.75. The maximum Gasteiger partial charge on any atom is 0.0131 e. The summed E-state index contributed by atoms with van der Waals surface area (Å²) in [5.74, 6) is 0. The van der Waals surface area contributed by atoms with Crippen molar-refractivity contribution in [1.29, 1.82) is 0 Å². The first kappa shape index (κ1) is 6.66. The summed E-state index contributed by atoms with van der Waals surface area (Å²) in [4.78, 5) is 2.72. The molecule has 58 valence electrons. The summed E-state index contributed by atoms with van der Waals surface area (Å²) in [6.07, 6.45) is 6.11. The summed E-state index contributed by atoms with van der Waals surface area (Å²) in [6.45, 7) is 4.00. The number of rotatable bonds is 0. The predicted octanol–water partition coefficient (Wildman–Crippen LogP) is 2.02. The Labute approximate surface area is 63.4 Å². The first-order valence-electron chi connectivity index (χ1n) is 4.72. The van der Waals surface area contributed by atoms with E-state index in [-0.39, 0.29) is 0 Å². The van der Waals surface area contributed by atoms with Crippen molar-refractivity contribution in [3.8, 4) is 0 Å². The fraction of sp³-hybridized carbons (Fsp3) is 1.00. The third-order valence-electron chi connectivity index (χ3n) is 3.19. The van der Waals surface area contributed by atoms with Crippen molar-refractivity contribution in [3.63, 3.8) is 0 Å². The standard InChI is InChI=1S/C7H11N.C2H6/c1-2-6-4-7-3-5(1)8(6)7;1-2/h5-7H,1-4H2;1-2H3. The summed E-state index contributed by atoms with van der Waals surface area (Å²) < 4.78 is 0. The largest absolute Gasteiger partial charge is 0.294 e. The molecular formula is C9H17N. The van der Waals surface area contributed by atoms with Gasteiger partial charge in [0.25, 0.3) is 0 Å². The first-order valence-corrected chi connectivity index (χ1v) is 4.72. The molecule has 0 radical (unpaired) electrons. The van der Waals surface area contributed by atoms with E-state index in [4.69, 9.17) is 0 Å². The molecular weight excluding hydrogens is 122 g/mol. The van der Waals surface area contributed by atoms with E-state index >= 15 is 0 Å². The van der Waals surface area contributed by atoms with Gasteiger partial charge in [-0.15, -0.1) is 0 Å². The lowest BCUT2D eigenvalue weighted by Crippen LogP contribution is -2.64. The third kappa shape index (κ3) is 0.619. The summed E-state index contributed by atoms with van der Waals surface area (Å²) in [7, 11) is 0. The van der Waals surface area contributed by atoms with Gasteiger partial charge in [-0.25, -0.2) is 0 Å². The second-order valence-electron chi connectivity index (χ2n) is 3.46. The van der Waals surface area contributed by atoms with Crippen LogP contribution in [0.1, 0.15) is 39.5 Å². The van der Waals surface area contributed by atoms with Gasteiger partial charge in [0.1, 0.15) is 0 Å². The molecule has 3 rings (SSSR count). The molecule has 0 aliphatic carbocycles. The van der Waals surface area contributed by atoms with Gasteiger partial charge in [-0.05, 0) is 25.7 Å². The zero-order chi connectivity index (χ0) is 7.14. The van der Waals surface area contributed by atoms with Crippen molar-refractivity contribution in [2.45, 2.75) is 57.7 Å². The maximum atomic E-state index is 2.72. The van der Waals surface area contributed by atoms with Crippen molar-refractivity contribution >= 4 is 0 Å². The molecule has 3 aliphatic rings. The SMILES string of the molecule is C1CC2CC3CC1N23.CC. The monoisotopic (exact) mass is 139 g/mol. The molecule has 0 bridgehead atoms. The minimum atomic E-state index is 1.05. The van der Waals surface area contributed by atoms with Gasteiger partial charge in [0.15, 0.2) is 0 Å². The van der Waals surface area contributed by atoms with Crippen LogP contribution >= 0.6 is 0 Å². The summed E-state index contributed by atoms with van der Waals surface area (Å²) in [5.41, 5.74) is 0. The topological polar surface area (TPSA) is 3.24 Å². The molecule has 0 aromatic heterocycles. The highest BCUT2D eigenvalue weighted by Crippen LogP contribution is 2.50. The van der Waals surface area contributed by atoms with Crippen molar-refractivity contribution in [2.75, 3.05) is 0 Å². The van der Waals surface area contributed by atoms with Crippen LogP contribution in [0.2, 0.25) is 0 Å². The Hall–Kier alpha value is -0.0400. The molecule has 0 aromatic carbocycles. The van der Waals surface area contributed by atoms with Crippen LogP contribution in [0.25, 0.3) is 0 Å². The van der Waals surface area contributed by atoms with Crippen LogP contribution in [0.15, 0.2) is 0 Å². The highest BCUT2D eigenvalue weighted by atomic mass is 15.3. The maximum absolute atomic E-state index is 2.72. The fourth-order valence-electron chi connectivity index (χ4n) is 2.75. The zero-order valence-corrected chi connectivity index (χ0v) is 7.01. The molecule has 0 saturated carbocycles. The van der Waals surface area contributed by atoms with E-state index < -0.39 is 0 Å². The van der Waals surface area contributed by atoms with Crippen LogP contribution in [0, 0.1) is 0 Å². The molecule has 0 N–H and O–H groups in total. The van der Waals surface area contributed by atoms with Crippen molar-refractivity contribution in [1.82, 2.24) is 4.90 Å². The molecule has 1 heteroatoms. The van der Waals surface area contributed by atoms with Gasteiger partial charge >= 0.3 is 0 Å². The van der Waals surface area contributed by atoms with Crippen molar-refractivity contribution in [3.05, 3.63) is 0 Å². The van der Waals surface area contributed by atoms with Gasteiger partial charge in [0.2, 0.25) is 0 Å². The molecule has 3 heterocycles. The van der Waals surface area contributed by atoms with Crippen molar-refractivity contribution < 1.29 is 0 Å². The third-order valence-corrected chi connectivity index (χ3v) is 3.19. The summed E-state index contributed by atoms with van der Waals surface area (Å²) in [6, 6.07) is 3.17. The Morgan fingerprint density at radius 3 is 1.70 bits per heavy atom. The Morgan fingerprint density at radius 2 is 1.40 bits per heavy atom. The van der Waals surface area contributed by atoms with Crippen LogP contribution < -0.4 is 0 Å². The molecule has 2 unspecified atom stereocenters. The Balaban J connectivity index is 0.000000188. The lowest BCUT2D eigenvalue weighted by atomic mass is 9.83. The quantitative estimate of drug-likeness (QED) is 0.496. The lowest BCUT2D eigenvalue weighted by Gasteiger charge is -2.57. The normalized spacial score (nSPS) is 48.0. The molecule has 0 aromatic rings. The van der Waals surface area contributed by atoms with Gasteiger partial charge in [-0.1, -0.05) is 13.8 Å². The van der Waals surface area contributed by atoms with Gasteiger partial charge < -0.3 is 0 Å². The van der Waals surface area contributed by atoms with Crippen LogP contribution in [0.3, 0.4) is 0 Å². The summed E-state index contributed by atoms with van der Waals surface area (Å²) in [5, 5.41) is 0. The molecule has 3 aliphatic heterocycles. The molecule has 3 fully saturated rings. The Bertz CT molecular complexity index is 115. The molecule has 1 nitrogen and oxygen atoms in total.